The smallest absolute Gasteiger partial charge is 0.215 e. The fraction of sp³-hybridized carbons (Fsp3) is 0.385. The van der Waals surface area contributed by atoms with Gasteiger partial charge in [-0.2, -0.15) is 4.39 Å². The molecule has 0 spiro atoms. The van der Waals surface area contributed by atoms with Crippen LogP contribution in [0.3, 0.4) is 0 Å². The molecule has 0 radical (unpaired) electrons. The summed E-state index contributed by atoms with van der Waals surface area (Å²) >= 11 is 0. The van der Waals surface area contributed by atoms with E-state index < -0.39 is 24.2 Å². The van der Waals surface area contributed by atoms with Gasteiger partial charge in [0.15, 0.2) is 0 Å². The Bertz CT molecular complexity index is 697. The second kappa shape index (κ2) is 4.62. The Balaban J connectivity index is 2.14. The largest absolute Gasteiger partial charge is 0.392 e. The Morgan fingerprint density at radius 2 is 2.15 bits per heavy atom. The third kappa shape index (κ3) is 1.82. The number of fused-ring (bicyclic) bond motifs is 1. The number of rotatable bonds is 2. The van der Waals surface area contributed by atoms with Crippen molar-refractivity contribution in [1.29, 1.82) is 0 Å². The molecule has 6 nitrogen and oxygen atoms in total. The van der Waals surface area contributed by atoms with Gasteiger partial charge in [0.05, 0.1) is 30.2 Å². The maximum Gasteiger partial charge on any atom is 0.215 e. The quantitative estimate of drug-likeness (QED) is 0.534. The van der Waals surface area contributed by atoms with Crippen molar-refractivity contribution in [2.45, 2.75) is 25.2 Å². The molecule has 20 heavy (non-hydrogen) atoms. The van der Waals surface area contributed by atoms with Crippen LogP contribution in [-0.2, 0) is 0 Å². The van der Waals surface area contributed by atoms with E-state index in [0.717, 1.165) is 0 Å². The highest BCUT2D eigenvalue weighted by molar-refractivity contribution is 5.77. The molecule has 0 saturated carbocycles. The number of aromatic nitrogens is 3. The van der Waals surface area contributed by atoms with Crippen molar-refractivity contribution in [3.63, 3.8) is 0 Å². The first-order valence-corrected chi connectivity index (χ1v) is 6.20. The highest BCUT2D eigenvalue weighted by Gasteiger charge is 2.36. The fourth-order valence-corrected chi connectivity index (χ4v) is 2.60. The van der Waals surface area contributed by atoms with Gasteiger partial charge in [0.1, 0.15) is 17.7 Å². The molecule has 0 amide bonds. The third-order valence-corrected chi connectivity index (χ3v) is 3.65. The van der Waals surface area contributed by atoms with E-state index in [2.05, 4.69) is 9.97 Å². The summed E-state index contributed by atoms with van der Waals surface area (Å²) in [6, 6.07) is 0.637. The van der Waals surface area contributed by atoms with Crippen molar-refractivity contribution < 1.29 is 19.7 Å². The Morgan fingerprint density at radius 3 is 2.80 bits per heavy atom. The summed E-state index contributed by atoms with van der Waals surface area (Å²) < 4.78 is 15.0. The van der Waals surface area contributed by atoms with Gasteiger partial charge in [0.2, 0.25) is 5.95 Å². The van der Waals surface area contributed by atoms with Gasteiger partial charge in [-0.15, -0.1) is 0 Å². The number of aliphatic hydroxyl groups excluding tert-OH is 3. The molecule has 3 unspecified atom stereocenters. The Kier molecular flexibility index (Phi) is 3.04. The number of halogens is 1. The van der Waals surface area contributed by atoms with Gasteiger partial charge in [0.25, 0.3) is 0 Å². The number of imidazole rings is 1. The van der Waals surface area contributed by atoms with Crippen molar-refractivity contribution in [2.75, 3.05) is 6.61 Å². The number of pyridine rings is 1. The van der Waals surface area contributed by atoms with Gasteiger partial charge in [0, 0.05) is 6.07 Å². The summed E-state index contributed by atoms with van der Waals surface area (Å²) in [5.41, 5.74) is 1.83. The molecule has 1 aliphatic rings. The van der Waals surface area contributed by atoms with Crippen molar-refractivity contribution in [3.8, 4) is 0 Å². The van der Waals surface area contributed by atoms with E-state index >= 15 is 0 Å². The molecule has 0 fully saturated rings. The fourth-order valence-electron chi connectivity index (χ4n) is 2.60. The van der Waals surface area contributed by atoms with Crippen LogP contribution in [0.4, 0.5) is 4.39 Å². The minimum absolute atomic E-state index is 0.337. The monoisotopic (exact) mass is 279 g/mol. The molecule has 2 aromatic rings. The lowest BCUT2D eigenvalue weighted by Crippen LogP contribution is -2.29. The maximum atomic E-state index is 13.4. The van der Waals surface area contributed by atoms with Crippen LogP contribution in [0.2, 0.25) is 0 Å². The number of hydrogen-bond acceptors (Lipinski definition) is 5. The average molecular weight is 279 g/mol. The number of aryl methyl sites for hydroxylation is 1. The van der Waals surface area contributed by atoms with Crippen molar-refractivity contribution in [3.05, 3.63) is 35.7 Å². The predicted molar refractivity (Wildman–Crippen MR) is 68.4 cm³/mol. The molecule has 106 valence electrons. The van der Waals surface area contributed by atoms with Gasteiger partial charge in [-0.1, -0.05) is 6.08 Å². The van der Waals surface area contributed by atoms with Crippen LogP contribution >= 0.6 is 0 Å². The molecule has 7 heteroatoms. The molecule has 0 aromatic carbocycles. The average Bonchev–Trinajstić information content (AvgIpc) is 2.93. The van der Waals surface area contributed by atoms with Crippen molar-refractivity contribution in [1.82, 2.24) is 14.5 Å². The lowest BCUT2D eigenvalue weighted by atomic mass is 10.1. The standard InChI is InChI=1S/C13H14FN3O3/c1-6-11-8(3-10(14)16-6)17(5-15-11)9-2-7(4-18)12(19)13(9)20/h2-3,5,9,12-13,18-20H,4H2,1H3. The molecule has 3 N–H and O–H groups in total. The zero-order valence-corrected chi connectivity index (χ0v) is 10.7. The van der Waals surface area contributed by atoms with E-state index in [1.54, 1.807) is 17.6 Å². The van der Waals surface area contributed by atoms with E-state index in [-0.39, 0.29) is 6.61 Å². The Labute approximate surface area is 113 Å². The van der Waals surface area contributed by atoms with E-state index in [9.17, 15) is 14.6 Å². The van der Waals surface area contributed by atoms with Gasteiger partial charge in [-0.3, -0.25) is 0 Å². The Hall–Kier alpha value is -1.83. The third-order valence-electron chi connectivity index (χ3n) is 3.65. The molecule has 2 heterocycles. The van der Waals surface area contributed by atoms with Crippen LogP contribution in [-0.4, -0.2) is 48.7 Å². The second-order valence-electron chi connectivity index (χ2n) is 4.88. The first kappa shape index (κ1) is 13.2. The first-order chi connectivity index (χ1) is 9.52. The maximum absolute atomic E-state index is 13.4. The van der Waals surface area contributed by atoms with Crippen molar-refractivity contribution >= 4 is 11.0 Å². The number of hydrogen-bond donors (Lipinski definition) is 3. The van der Waals surface area contributed by atoms with Gasteiger partial charge >= 0.3 is 0 Å². The zero-order valence-electron chi connectivity index (χ0n) is 10.7. The van der Waals surface area contributed by atoms with E-state index in [4.69, 9.17) is 5.11 Å². The molecule has 0 bridgehead atoms. The number of aliphatic hydroxyl groups is 3. The number of nitrogens with zero attached hydrogens (tertiary/aromatic N) is 3. The molecule has 2 aromatic heterocycles. The van der Waals surface area contributed by atoms with Crippen LogP contribution in [0.5, 0.6) is 0 Å². The van der Waals surface area contributed by atoms with E-state index in [1.807, 2.05) is 0 Å². The molecular weight excluding hydrogens is 265 g/mol. The summed E-state index contributed by atoms with van der Waals surface area (Å²) in [6.45, 7) is 1.31. The zero-order chi connectivity index (χ0) is 14.4. The van der Waals surface area contributed by atoms with Crippen LogP contribution in [0, 0.1) is 12.9 Å². The van der Waals surface area contributed by atoms with Crippen LogP contribution in [0.15, 0.2) is 24.0 Å². The minimum Gasteiger partial charge on any atom is -0.392 e. The first-order valence-electron chi connectivity index (χ1n) is 6.20. The van der Waals surface area contributed by atoms with E-state index in [0.29, 0.717) is 22.3 Å². The molecule has 1 aliphatic carbocycles. The normalized spacial score (nSPS) is 26.2. The molecule has 3 atom stereocenters. The molecule has 0 aliphatic heterocycles. The Morgan fingerprint density at radius 1 is 1.40 bits per heavy atom. The lowest BCUT2D eigenvalue weighted by Gasteiger charge is -2.19. The lowest BCUT2D eigenvalue weighted by molar-refractivity contribution is 0.0288. The van der Waals surface area contributed by atoms with Gasteiger partial charge < -0.3 is 19.9 Å². The topological polar surface area (TPSA) is 91.4 Å². The van der Waals surface area contributed by atoms with Crippen LogP contribution < -0.4 is 0 Å². The van der Waals surface area contributed by atoms with Crippen molar-refractivity contribution in [2.24, 2.45) is 0 Å². The minimum atomic E-state index is -1.13. The van der Waals surface area contributed by atoms with Crippen LogP contribution in [0.1, 0.15) is 11.7 Å². The molecular formula is C13H14FN3O3. The molecule has 3 rings (SSSR count). The summed E-state index contributed by atoms with van der Waals surface area (Å²) in [5, 5.41) is 29.0. The molecule has 0 saturated heterocycles. The summed E-state index contributed by atoms with van der Waals surface area (Å²) in [6.07, 6.45) is 0.807. The van der Waals surface area contributed by atoms with Gasteiger partial charge in [-0.25, -0.2) is 9.97 Å². The highest BCUT2D eigenvalue weighted by atomic mass is 19.1. The summed E-state index contributed by atoms with van der Waals surface area (Å²) in [7, 11) is 0. The summed E-state index contributed by atoms with van der Waals surface area (Å²) in [4.78, 5) is 7.86. The highest BCUT2D eigenvalue weighted by Crippen LogP contribution is 2.32. The SMILES string of the molecule is Cc1nc(F)cc2c1ncn2C1C=C(CO)C(O)C1O. The second-order valence-corrected chi connectivity index (χ2v) is 4.88. The van der Waals surface area contributed by atoms with E-state index in [1.165, 1.54) is 12.4 Å². The predicted octanol–water partition coefficient (Wildman–Crippen LogP) is 0.0740. The summed E-state index contributed by atoms with van der Waals surface area (Å²) in [5.74, 6) is -0.629. The van der Waals surface area contributed by atoms with Gasteiger partial charge in [-0.05, 0) is 12.5 Å². The van der Waals surface area contributed by atoms with Crippen LogP contribution in [0.25, 0.3) is 11.0 Å².